The first kappa shape index (κ1) is 10.3. The summed E-state index contributed by atoms with van der Waals surface area (Å²) in [6.07, 6.45) is 0.874. The summed E-state index contributed by atoms with van der Waals surface area (Å²) < 4.78 is 0. The predicted molar refractivity (Wildman–Crippen MR) is 48.2 cm³/mol. The zero-order chi connectivity index (χ0) is 8.74. The fourth-order valence-electron chi connectivity index (χ4n) is 0.651. The van der Waals surface area contributed by atoms with Crippen LogP contribution in [0.3, 0.4) is 0 Å². The molecule has 64 valence electrons. The number of rotatable bonds is 4. The van der Waals surface area contributed by atoms with Crippen LogP contribution in [-0.4, -0.2) is 24.6 Å². The van der Waals surface area contributed by atoms with Crippen LogP contribution in [0.25, 0.3) is 0 Å². The first-order chi connectivity index (χ1) is 5.12. The standard InChI is InChI=1S/C8H17N3/c1-4-10-7-11-8(2,3)5-6-9/h4-6,9H2,1-3H3. The van der Waals surface area contributed by atoms with Crippen molar-refractivity contribution in [1.82, 2.24) is 0 Å². The van der Waals surface area contributed by atoms with E-state index in [2.05, 4.69) is 16.0 Å². The molecule has 0 aromatic carbocycles. The average molecular weight is 155 g/mol. The molecule has 0 radical (unpaired) electrons. The summed E-state index contributed by atoms with van der Waals surface area (Å²) in [5.41, 5.74) is 5.30. The van der Waals surface area contributed by atoms with Crippen LogP contribution in [-0.2, 0) is 0 Å². The van der Waals surface area contributed by atoms with Crippen LogP contribution in [0.2, 0.25) is 0 Å². The van der Waals surface area contributed by atoms with Gasteiger partial charge in [-0.1, -0.05) is 0 Å². The first-order valence-corrected chi connectivity index (χ1v) is 3.96. The van der Waals surface area contributed by atoms with Gasteiger partial charge in [0.1, 0.15) is 0 Å². The number of nitrogens with two attached hydrogens (primary N) is 1. The largest absolute Gasteiger partial charge is 0.330 e. The van der Waals surface area contributed by atoms with Gasteiger partial charge in [0.2, 0.25) is 0 Å². The van der Waals surface area contributed by atoms with Crippen LogP contribution in [0.5, 0.6) is 0 Å². The van der Waals surface area contributed by atoms with Gasteiger partial charge in [0, 0.05) is 6.54 Å². The van der Waals surface area contributed by atoms with Crippen LogP contribution >= 0.6 is 0 Å². The van der Waals surface area contributed by atoms with E-state index in [9.17, 15) is 0 Å². The molecule has 0 aromatic heterocycles. The van der Waals surface area contributed by atoms with E-state index in [1.807, 2.05) is 20.8 Å². The Morgan fingerprint density at radius 1 is 1.45 bits per heavy atom. The third-order valence-electron chi connectivity index (χ3n) is 1.34. The molecule has 0 saturated carbocycles. The molecule has 0 amide bonds. The molecule has 0 rings (SSSR count). The molecule has 0 aliphatic rings. The van der Waals surface area contributed by atoms with Gasteiger partial charge in [-0.3, -0.25) is 0 Å². The zero-order valence-corrected chi connectivity index (χ0v) is 7.59. The second kappa shape index (κ2) is 5.05. The van der Waals surface area contributed by atoms with Crippen molar-refractivity contribution in [3.63, 3.8) is 0 Å². The molecule has 0 aliphatic heterocycles. The van der Waals surface area contributed by atoms with Crippen LogP contribution in [0.15, 0.2) is 9.98 Å². The molecule has 0 fully saturated rings. The van der Waals surface area contributed by atoms with Gasteiger partial charge in [0.15, 0.2) is 0 Å². The SMILES string of the molecule is CCN=C=NC(C)(C)CCN. The van der Waals surface area contributed by atoms with Crippen molar-refractivity contribution in [2.24, 2.45) is 15.7 Å². The van der Waals surface area contributed by atoms with Gasteiger partial charge in [-0.2, -0.15) is 0 Å². The Bertz CT molecular complexity index is 155. The first-order valence-electron chi connectivity index (χ1n) is 3.96. The lowest BCUT2D eigenvalue weighted by Crippen LogP contribution is -2.21. The highest BCUT2D eigenvalue weighted by Crippen LogP contribution is 2.11. The molecule has 0 atom stereocenters. The summed E-state index contributed by atoms with van der Waals surface area (Å²) >= 11 is 0. The summed E-state index contributed by atoms with van der Waals surface area (Å²) in [7, 11) is 0. The molecule has 11 heavy (non-hydrogen) atoms. The van der Waals surface area contributed by atoms with E-state index in [0.29, 0.717) is 6.54 Å². The molecule has 3 heteroatoms. The van der Waals surface area contributed by atoms with E-state index in [4.69, 9.17) is 5.73 Å². The minimum atomic E-state index is -0.104. The van der Waals surface area contributed by atoms with Crippen LogP contribution in [0.4, 0.5) is 0 Å². The highest BCUT2D eigenvalue weighted by molar-refractivity contribution is 5.42. The van der Waals surface area contributed by atoms with Crippen LogP contribution in [0.1, 0.15) is 27.2 Å². The van der Waals surface area contributed by atoms with E-state index in [1.54, 1.807) is 0 Å². The Kier molecular flexibility index (Phi) is 4.75. The van der Waals surface area contributed by atoms with Crippen molar-refractivity contribution in [3.8, 4) is 0 Å². The summed E-state index contributed by atoms with van der Waals surface area (Å²) in [4.78, 5) is 8.02. The molecule has 2 N–H and O–H groups in total. The second-order valence-corrected chi connectivity index (χ2v) is 3.04. The maximum atomic E-state index is 5.40. The van der Waals surface area contributed by atoms with Crippen molar-refractivity contribution >= 4 is 6.01 Å². The summed E-state index contributed by atoms with van der Waals surface area (Å²) in [5, 5.41) is 0. The third kappa shape index (κ3) is 5.77. The van der Waals surface area contributed by atoms with E-state index in [-0.39, 0.29) is 5.54 Å². The zero-order valence-electron chi connectivity index (χ0n) is 7.59. The normalized spacial score (nSPS) is 10.5. The molecule has 0 aromatic rings. The van der Waals surface area contributed by atoms with Crippen molar-refractivity contribution in [1.29, 1.82) is 0 Å². The minimum absolute atomic E-state index is 0.104. The average Bonchev–Trinajstić information content (AvgIpc) is 1.87. The van der Waals surface area contributed by atoms with Crippen molar-refractivity contribution in [2.45, 2.75) is 32.7 Å². The lowest BCUT2D eigenvalue weighted by molar-refractivity contribution is 0.490. The quantitative estimate of drug-likeness (QED) is 0.611. The summed E-state index contributed by atoms with van der Waals surface area (Å²) in [5.74, 6) is 0. The van der Waals surface area contributed by atoms with E-state index in [0.717, 1.165) is 13.0 Å². The van der Waals surface area contributed by atoms with Gasteiger partial charge in [-0.05, 0) is 33.7 Å². The predicted octanol–water partition coefficient (Wildman–Crippen LogP) is 1.31. The Morgan fingerprint density at radius 2 is 2.09 bits per heavy atom. The topological polar surface area (TPSA) is 50.7 Å². The van der Waals surface area contributed by atoms with Crippen molar-refractivity contribution in [3.05, 3.63) is 0 Å². The maximum absolute atomic E-state index is 5.40. The smallest absolute Gasteiger partial charge is 0.0898 e. The number of hydrogen-bond acceptors (Lipinski definition) is 3. The summed E-state index contributed by atoms with van der Waals surface area (Å²) in [6, 6.07) is 2.65. The van der Waals surface area contributed by atoms with Gasteiger partial charge >= 0.3 is 0 Å². The molecule has 0 bridgehead atoms. The number of nitrogens with zero attached hydrogens (tertiary/aromatic N) is 2. The van der Waals surface area contributed by atoms with Crippen molar-refractivity contribution in [2.75, 3.05) is 13.1 Å². The molecular weight excluding hydrogens is 138 g/mol. The Hall–Kier alpha value is -0.660. The van der Waals surface area contributed by atoms with Gasteiger partial charge in [0.05, 0.1) is 11.5 Å². The van der Waals surface area contributed by atoms with Crippen LogP contribution in [0, 0.1) is 0 Å². The molecule has 3 nitrogen and oxygen atoms in total. The maximum Gasteiger partial charge on any atom is 0.0898 e. The van der Waals surface area contributed by atoms with E-state index >= 15 is 0 Å². The Morgan fingerprint density at radius 3 is 2.55 bits per heavy atom. The van der Waals surface area contributed by atoms with Crippen molar-refractivity contribution < 1.29 is 0 Å². The Balaban J connectivity index is 3.99. The second-order valence-electron chi connectivity index (χ2n) is 3.04. The fourth-order valence-corrected chi connectivity index (χ4v) is 0.651. The lowest BCUT2D eigenvalue weighted by atomic mass is 10.0. The van der Waals surface area contributed by atoms with Gasteiger partial charge in [0.25, 0.3) is 0 Å². The molecule has 0 aliphatic carbocycles. The third-order valence-corrected chi connectivity index (χ3v) is 1.34. The highest BCUT2D eigenvalue weighted by Gasteiger charge is 2.13. The van der Waals surface area contributed by atoms with E-state index in [1.165, 1.54) is 0 Å². The number of hydrogen-bond donors (Lipinski definition) is 1. The highest BCUT2D eigenvalue weighted by atomic mass is 14.9. The van der Waals surface area contributed by atoms with Gasteiger partial charge in [-0.15, -0.1) is 0 Å². The molecule has 0 spiro atoms. The monoisotopic (exact) mass is 155 g/mol. The molecule has 0 heterocycles. The molecular formula is C8H17N3. The lowest BCUT2D eigenvalue weighted by Gasteiger charge is -2.15. The van der Waals surface area contributed by atoms with E-state index < -0.39 is 0 Å². The fraction of sp³-hybridized carbons (Fsp3) is 0.875. The minimum Gasteiger partial charge on any atom is -0.330 e. The van der Waals surface area contributed by atoms with Gasteiger partial charge in [-0.25, -0.2) is 9.98 Å². The van der Waals surface area contributed by atoms with Gasteiger partial charge < -0.3 is 5.73 Å². The molecule has 0 saturated heterocycles. The van der Waals surface area contributed by atoms with Crippen LogP contribution < -0.4 is 5.73 Å². The number of aliphatic imine (C=N–C) groups is 2. The Labute approximate surface area is 68.4 Å². The molecule has 0 unspecified atom stereocenters. The summed E-state index contributed by atoms with van der Waals surface area (Å²) in [6.45, 7) is 7.40.